The van der Waals surface area contributed by atoms with Crippen LogP contribution in [0.25, 0.3) is 0 Å². The monoisotopic (exact) mass is 228 g/mol. The molecular weight excluding hydrogens is 208 g/mol. The average Bonchev–Trinajstić information content (AvgIpc) is 2.36. The minimum Gasteiger partial charge on any atom is -0.385 e. The summed E-state index contributed by atoms with van der Waals surface area (Å²) in [5.41, 5.74) is 3.79. The minimum absolute atomic E-state index is 0.253. The van der Waals surface area contributed by atoms with E-state index in [1.54, 1.807) is 0 Å². The third-order valence-electron chi connectivity index (χ3n) is 3.24. The molecule has 0 saturated carbocycles. The summed E-state index contributed by atoms with van der Waals surface area (Å²) < 4.78 is 0. The topological polar surface area (TPSA) is 24.1 Å². The molecule has 1 aromatic rings. The number of anilines is 1. The van der Waals surface area contributed by atoms with Gasteiger partial charge in [-0.05, 0) is 37.8 Å². The highest BCUT2D eigenvalue weighted by atomic mass is 15.0. The van der Waals surface area contributed by atoms with E-state index in [0.29, 0.717) is 0 Å². The smallest absolute Gasteiger partial charge is 0.0743 e. The number of hydrogen-bond donors (Lipinski definition) is 2. The predicted octanol–water partition coefficient (Wildman–Crippen LogP) is 2.55. The van der Waals surface area contributed by atoms with Gasteiger partial charge < -0.3 is 5.32 Å². The molecule has 2 nitrogen and oxygen atoms in total. The molecule has 0 aliphatic carbocycles. The van der Waals surface area contributed by atoms with Crippen molar-refractivity contribution >= 4 is 5.69 Å². The second kappa shape index (κ2) is 4.81. The molecule has 0 bridgehead atoms. The van der Waals surface area contributed by atoms with Crippen molar-refractivity contribution in [3.63, 3.8) is 0 Å². The maximum Gasteiger partial charge on any atom is 0.0743 e. The van der Waals surface area contributed by atoms with Gasteiger partial charge in [-0.15, -0.1) is 6.42 Å². The van der Waals surface area contributed by atoms with Gasteiger partial charge in [-0.25, -0.2) is 0 Å². The van der Waals surface area contributed by atoms with Gasteiger partial charge in [0.2, 0.25) is 0 Å². The van der Waals surface area contributed by atoms with Gasteiger partial charge in [0.1, 0.15) is 0 Å². The second-order valence-corrected chi connectivity index (χ2v) is 5.10. The van der Waals surface area contributed by atoms with Crippen LogP contribution in [-0.4, -0.2) is 12.1 Å². The summed E-state index contributed by atoms with van der Waals surface area (Å²) in [7, 11) is 0. The first-order valence-electron chi connectivity index (χ1n) is 6.20. The fraction of sp³-hybridized carbons (Fsp3) is 0.467. The molecule has 1 heterocycles. The van der Waals surface area contributed by atoms with Gasteiger partial charge in [0, 0.05) is 18.8 Å². The first kappa shape index (κ1) is 12.0. The number of hydrogen-bond acceptors (Lipinski definition) is 2. The summed E-state index contributed by atoms with van der Waals surface area (Å²) in [6, 6.07) is 6.50. The lowest BCUT2D eigenvalue weighted by Crippen LogP contribution is -2.37. The standard InChI is InChI=1S/C15H20N2/c1-4-15(2,3)17-11-13-8-5-7-12-9-6-10-16-14(12)13/h1,5,7-8,16-17H,6,9-11H2,2-3H3. The van der Waals surface area contributed by atoms with Crippen LogP contribution < -0.4 is 10.6 Å². The molecule has 1 aliphatic rings. The predicted molar refractivity (Wildman–Crippen MR) is 73.0 cm³/mol. The van der Waals surface area contributed by atoms with E-state index in [4.69, 9.17) is 6.42 Å². The van der Waals surface area contributed by atoms with Gasteiger partial charge in [-0.1, -0.05) is 24.1 Å². The Balaban J connectivity index is 2.14. The molecule has 1 aromatic carbocycles. The van der Waals surface area contributed by atoms with Crippen molar-refractivity contribution in [1.82, 2.24) is 5.32 Å². The number of aryl methyl sites for hydroxylation is 1. The highest BCUT2D eigenvalue weighted by Gasteiger charge is 2.16. The van der Waals surface area contributed by atoms with E-state index in [1.807, 2.05) is 13.8 Å². The van der Waals surface area contributed by atoms with Crippen molar-refractivity contribution in [2.45, 2.75) is 38.8 Å². The van der Waals surface area contributed by atoms with Crippen molar-refractivity contribution in [2.24, 2.45) is 0 Å². The van der Waals surface area contributed by atoms with Crippen LogP contribution in [0.4, 0.5) is 5.69 Å². The van der Waals surface area contributed by atoms with Crippen molar-refractivity contribution in [3.05, 3.63) is 29.3 Å². The lowest BCUT2D eigenvalue weighted by atomic mass is 9.98. The molecule has 90 valence electrons. The Kier molecular flexibility index (Phi) is 3.40. The molecule has 0 radical (unpaired) electrons. The maximum atomic E-state index is 5.48. The van der Waals surface area contributed by atoms with E-state index in [2.05, 4.69) is 34.8 Å². The summed E-state index contributed by atoms with van der Waals surface area (Å²) in [5.74, 6) is 2.76. The van der Waals surface area contributed by atoms with Crippen LogP contribution in [0, 0.1) is 12.3 Å². The van der Waals surface area contributed by atoms with Gasteiger partial charge in [0.05, 0.1) is 5.54 Å². The quantitative estimate of drug-likeness (QED) is 0.777. The molecule has 1 aliphatic heterocycles. The summed E-state index contributed by atoms with van der Waals surface area (Å²) in [5, 5.41) is 6.89. The van der Waals surface area contributed by atoms with Crippen molar-refractivity contribution in [2.75, 3.05) is 11.9 Å². The van der Waals surface area contributed by atoms with Gasteiger partial charge >= 0.3 is 0 Å². The Hall–Kier alpha value is -1.46. The van der Waals surface area contributed by atoms with E-state index in [0.717, 1.165) is 13.1 Å². The second-order valence-electron chi connectivity index (χ2n) is 5.10. The van der Waals surface area contributed by atoms with Crippen LogP contribution in [0.1, 0.15) is 31.4 Å². The molecule has 0 spiro atoms. The Bertz CT molecular complexity index is 441. The van der Waals surface area contributed by atoms with Crippen LogP contribution >= 0.6 is 0 Å². The van der Waals surface area contributed by atoms with Gasteiger partial charge in [0.15, 0.2) is 0 Å². The van der Waals surface area contributed by atoms with Crippen molar-refractivity contribution in [3.8, 4) is 12.3 Å². The summed E-state index contributed by atoms with van der Waals surface area (Å²) in [6.07, 6.45) is 7.88. The highest BCUT2D eigenvalue weighted by Crippen LogP contribution is 2.26. The molecule has 0 saturated heterocycles. The van der Waals surface area contributed by atoms with E-state index in [1.165, 1.54) is 29.7 Å². The van der Waals surface area contributed by atoms with Crippen LogP contribution in [0.15, 0.2) is 18.2 Å². The molecular formula is C15H20N2. The molecule has 0 fully saturated rings. The summed E-state index contributed by atoms with van der Waals surface area (Å²) in [6.45, 7) is 5.93. The molecule has 2 heteroatoms. The SMILES string of the molecule is C#CC(C)(C)NCc1cccc2c1NCCC2. The van der Waals surface area contributed by atoms with E-state index >= 15 is 0 Å². The first-order valence-corrected chi connectivity index (χ1v) is 6.20. The summed E-state index contributed by atoms with van der Waals surface area (Å²) in [4.78, 5) is 0. The van der Waals surface area contributed by atoms with E-state index in [-0.39, 0.29) is 5.54 Å². The third kappa shape index (κ3) is 2.81. The number of benzene rings is 1. The van der Waals surface area contributed by atoms with E-state index in [9.17, 15) is 0 Å². The average molecular weight is 228 g/mol. The Labute approximate surface area is 104 Å². The molecule has 2 N–H and O–H groups in total. The Morgan fingerprint density at radius 3 is 3.06 bits per heavy atom. The van der Waals surface area contributed by atoms with Crippen LogP contribution in [-0.2, 0) is 13.0 Å². The lowest BCUT2D eigenvalue weighted by Gasteiger charge is -2.24. The lowest BCUT2D eigenvalue weighted by molar-refractivity contribution is 0.491. The Morgan fingerprint density at radius 2 is 2.29 bits per heavy atom. The van der Waals surface area contributed by atoms with Gasteiger partial charge in [-0.3, -0.25) is 5.32 Å². The molecule has 0 atom stereocenters. The molecule has 2 rings (SSSR count). The molecule has 0 amide bonds. The molecule has 0 unspecified atom stereocenters. The number of terminal acetylenes is 1. The van der Waals surface area contributed by atoms with Crippen LogP contribution in [0.5, 0.6) is 0 Å². The fourth-order valence-corrected chi connectivity index (χ4v) is 2.10. The molecule has 0 aromatic heterocycles. The van der Waals surface area contributed by atoms with Crippen molar-refractivity contribution in [1.29, 1.82) is 0 Å². The zero-order valence-corrected chi connectivity index (χ0v) is 10.6. The fourth-order valence-electron chi connectivity index (χ4n) is 2.10. The Morgan fingerprint density at radius 1 is 1.47 bits per heavy atom. The first-order chi connectivity index (χ1) is 8.12. The normalized spacial score (nSPS) is 14.6. The molecule has 17 heavy (non-hydrogen) atoms. The van der Waals surface area contributed by atoms with Crippen LogP contribution in [0.2, 0.25) is 0 Å². The van der Waals surface area contributed by atoms with Gasteiger partial charge in [-0.2, -0.15) is 0 Å². The zero-order valence-electron chi connectivity index (χ0n) is 10.6. The third-order valence-corrected chi connectivity index (χ3v) is 3.24. The largest absolute Gasteiger partial charge is 0.385 e. The zero-order chi connectivity index (χ0) is 12.3. The number of para-hydroxylation sites is 1. The van der Waals surface area contributed by atoms with Crippen LogP contribution in [0.3, 0.4) is 0 Å². The maximum absolute atomic E-state index is 5.48. The number of fused-ring (bicyclic) bond motifs is 1. The minimum atomic E-state index is -0.253. The van der Waals surface area contributed by atoms with E-state index < -0.39 is 0 Å². The van der Waals surface area contributed by atoms with Crippen molar-refractivity contribution < 1.29 is 0 Å². The summed E-state index contributed by atoms with van der Waals surface area (Å²) >= 11 is 0. The number of nitrogens with one attached hydrogen (secondary N) is 2. The van der Waals surface area contributed by atoms with Gasteiger partial charge in [0.25, 0.3) is 0 Å². The highest BCUT2D eigenvalue weighted by molar-refractivity contribution is 5.59. The number of rotatable bonds is 3.